The van der Waals surface area contributed by atoms with Crippen molar-refractivity contribution in [3.8, 4) is 11.1 Å². The van der Waals surface area contributed by atoms with Gasteiger partial charge in [-0.3, -0.25) is 0 Å². The van der Waals surface area contributed by atoms with E-state index in [2.05, 4.69) is 34.8 Å². The van der Waals surface area contributed by atoms with Crippen molar-refractivity contribution >= 4 is 11.5 Å². The third-order valence-corrected chi connectivity index (χ3v) is 6.87. The molecule has 2 saturated carbocycles. The van der Waals surface area contributed by atoms with Crippen LogP contribution in [0, 0.1) is 11.2 Å². The predicted octanol–water partition coefficient (Wildman–Crippen LogP) is 5.45. The molecule has 2 fully saturated rings. The first kappa shape index (κ1) is 23.0. The van der Waals surface area contributed by atoms with Crippen LogP contribution in [0.1, 0.15) is 52.4 Å². The lowest BCUT2D eigenvalue weighted by molar-refractivity contribution is 0.161. The van der Waals surface area contributed by atoms with Gasteiger partial charge < -0.3 is 20.7 Å². The van der Waals surface area contributed by atoms with Crippen LogP contribution in [0.3, 0.4) is 0 Å². The van der Waals surface area contributed by atoms with E-state index < -0.39 is 0 Å². The van der Waals surface area contributed by atoms with Gasteiger partial charge >= 0.3 is 0 Å². The highest BCUT2D eigenvalue weighted by Crippen LogP contribution is 2.44. The topological polar surface area (TPSA) is 58.2 Å². The Balaban J connectivity index is 1.36. The number of aromatic nitrogens is 1. The second-order valence-electron chi connectivity index (χ2n) is 10.0. The van der Waals surface area contributed by atoms with Crippen molar-refractivity contribution < 1.29 is 9.13 Å². The van der Waals surface area contributed by atoms with Crippen molar-refractivity contribution in [1.29, 1.82) is 0 Å². The summed E-state index contributed by atoms with van der Waals surface area (Å²) >= 11 is 0. The molecule has 1 atom stereocenters. The molecule has 5 nitrogen and oxygen atoms in total. The van der Waals surface area contributed by atoms with Crippen LogP contribution in [-0.4, -0.2) is 43.4 Å². The Morgan fingerprint density at radius 2 is 1.91 bits per heavy atom. The number of anilines is 2. The SMILES string of the molecule is COC[C@@H](C)N[C@H]1CC[C@H](Nc2cc(-c3cccc(NCC4(C)CC4)c3)c(F)cn2)CC1. The minimum absolute atomic E-state index is 0.290. The smallest absolute Gasteiger partial charge is 0.149 e. The molecule has 174 valence electrons. The van der Waals surface area contributed by atoms with E-state index in [1.54, 1.807) is 7.11 Å². The molecule has 0 unspecified atom stereocenters. The summed E-state index contributed by atoms with van der Waals surface area (Å²) in [6.07, 6.45) is 8.27. The Bertz CT molecular complexity index is 893. The van der Waals surface area contributed by atoms with Crippen molar-refractivity contribution in [2.45, 2.75) is 70.5 Å². The maximum Gasteiger partial charge on any atom is 0.149 e. The van der Waals surface area contributed by atoms with E-state index in [1.807, 2.05) is 30.3 Å². The van der Waals surface area contributed by atoms with Crippen molar-refractivity contribution in [3.63, 3.8) is 0 Å². The van der Waals surface area contributed by atoms with Crippen LogP contribution in [0.15, 0.2) is 36.5 Å². The number of ether oxygens (including phenoxy) is 1. The minimum Gasteiger partial charge on any atom is -0.384 e. The zero-order chi connectivity index (χ0) is 22.6. The number of hydrogen-bond acceptors (Lipinski definition) is 5. The normalized spacial score (nSPS) is 22.9. The Morgan fingerprint density at radius 1 is 1.16 bits per heavy atom. The lowest BCUT2D eigenvalue weighted by Crippen LogP contribution is -2.42. The van der Waals surface area contributed by atoms with E-state index in [0.29, 0.717) is 29.1 Å². The number of benzene rings is 1. The van der Waals surface area contributed by atoms with E-state index in [-0.39, 0.29) is 5.82 Å². The number of methoxy groups -OCH3 is 1. The summed E-state index contributed by atoms with van der Waals surface area (Å²) in [5.41, 5.74) is 2.92. The third kappa shape index (κ3) is 6.20. The molecule has 4 rings (SSSR count). The standard InChI is InChI=1S/C26H37FN4O/c1-18(16-32-3)30-20-7-9-21(10-8-20)31-25-14-23(24(27)15-28-25)19-5-4-6-22(13-19)29-17-26(2)11-12-26/h4-6,13-15,18,20-21,29-30H,7-12,16-17H2,1-3H3,(H,28,31)/t18-,20-,21-/m1/s1. The van der Waals surface area contributed by atoms with Gasteiger partial charge in [0, 0.05) is 43.0 Å². The van der Waals surface area contributed by atoms with Gasteiger partial charge in [0.05, 0.1) is 12.8 Å². The molecule has 1 aromatic carbocycles. The quantitative estimate of drug-likeness (QED) is 0.459. The van der Waals surface area contributed by atoms with Crippen LogP contribution in [0.2, 0.25) is 0 Å². The number of halogens is 1. The Hall–Kier alpha value is -2.18. The Morgan fingerprint density at radius 3 is 2.62 bits per heavy atom. The lowest BCUT2D eigenvalue weighted by Gasteiger charge is -2.31. The van der Waals surface area contributed by atoms with Gasteiger partial charge in [0.15, 0.2) is 0 Å². The zero-order valence-electron chi connectivity index (χ0n) is 19.6. The maximum absolute atomic E-state index is 14.7. The summed E-state index contributed by atoms with van der Waals surface area (Å²) < 4.78 is 19.9. The molecule has 0 radical (unpaired) electrons. The Labute approximate surface area is 191 Å². The molecule has 2 aromatic rings. The van der Waals surface area contributed by atoms with E-state index in [1.165, 1.54) is 19.0 Å². The summed E-state index contributed by atoms with van der Waals surface area (Å²) in [4.78, 5) is 4.32. The van der Waals surface area contributed by atoms with Crippen LogP contribution in [0.25, 0.3) is 11.1 Å². The summed E-state index contributed by atoms with van der Waals surface area (Å²) in [6, 6.07) is 11.1. The van der Waals surface area contributed by atoms with Crippen molar-refractivity contribution in [3.05, 3.63) is 42.3 Å². The van der Waals surface area contributed by atoms with Crippen LogP contribution >= 0.6 is 0 Å². The molecule has 3 N–H and O–H groups in total. The van der Waals surface area contributed by atoms with Crippen LogP contribution in [0.4, 0.5) is 15.9 Å². The van der Waals surface area contributed by atoms with Gasteiger partial charge in [-0.25, -0.2) is 9.37 Å². The number of nitrogens with zero attached hydrogens (tertiary/aromatic N) is 1. The minimum atomic E-state index is -0.290. The molecule has 2 aliphatic carbocycles. The van der Waals surface area contributed by atoms with Gasteiger partial charge in [0.2, 0.25) is 0 Å². The van der Waals surface area contributed by atoms with E-state index in [0.717, 1.165) is 55.9 Å². The number of rotatable bonds is 10. The van der Waals surface area contributed by atoms with Gasteiger partial charge in [-0.2, -0.15) is 0 Å². The highest BCUT2D eigenvalue weighted by atomic mass is 19.1. The highest BCUT2D eigenvalue weighted by molar-refractivity contribution is 5.70. The molecule has 2 aliphatic rings. The molecule has 0 saturated heterocycles. The fraction of sp³-hybridized carbons (Fsp3) is 0.577. The van der Waals surface area contributed by atoms with Crippen molar-refractivity contribution in [1.82, 2.24) is 10.3 Å². The summed E-state index contributed by atoms with van der Waals surface area (Å²) in [7, 11) is 1.74. The highest BCUT2D eigenvalue weighted by Gasteiger charge is 2.36. The average Bonchev–Trinajstić information content (AvgIpc) is 3.53. The zero-order valence-corrected chi connectivity index (χ0v) is 19.6. The second-order valence-corrected chi connectivity index (χ2v) is 10.0. The largest absolute Gasteiger partial charge is 0.384 e. The predicted molar refractivity (Wildman–Crippen MR) is 130 cm³/mol. The first-order chi connectivity index (χ1) is 15.4. The third-order valence-electron chi connectivity index (χ3n) is 6.87. The van der Waals surface area contributed by atoms with Crippen molar-refractivity contribution in [2.24, 2.45) is 5.41 Å². The van der Waals surface area contributed by atoms with Gasteiger partial charge in [0.1, 0.15) is 11.6 Å². The molecule has 0 spiro atoms. The monoisotopic (exact) mass is 440 g/mol. The first-order valence-electron chi connectivity index (χ1n) is 12.0. The molecular formula is C26H37FN4O. The van der Waals surface area contributed by atoms with Gasteiger partial charge in [-0.1, -0.05) is 19.1 Å². The average molecular weight is 441 g/mol. The molecule has 0 bridgehead atoms. The summed E-state index contributed by atoms with van der Waals surface area (Å²) in [5.74, 6) is 0.455. The molecule has 1 heterocycles. The van der Waals surface area contributed by atoms with Crippen LogP contribution in [-0.2, 0) is 4.74 Å². The van der Waals surface area contributed by atoms with E-state index in [9.17, 15) is 4.39 Å². The van der Waals surface area contributed by atoms with Crippen LogP contribution in [0.5, 0.6) is 0 Å². The van der Waals surface area contributed by atoms with E-state index >= 15 is 0 Å². The number of hydrogen-bond donors (Lipinski definition) is 3. The molecule has 0 amide bonds. The Kier molecular flexibility index (Phi) is 7.31. The van der Waals surface area contributed by atoms with Gasteiger partial charge in [0.25, 0.3) is 0 Å². The number of nitrogens with one attached hydrogen (secondary N) is 3. The fourth-order valence-corrected chi connectivity index (χ4v) is 4.56. The van der Waals surface area contributed by atoms with E-state index in [4.69, 9.17) is 4.74 Å². The molecule has 0 aliphatic heterocycles. The molecular weight excluding hydrogens is 403 g/mol. The second kappa shape index (κ2) is 10.2. The van der Waals surface area contributed by atoms with Gasteiger partial charge in [-0.05, 0) is 74.6 Å². The summed E-state index contributed by atoms with van der Waals surface area (Å²) in [6.45, 7) is 6.16. The first-order valence-corrected chi connectivity index (χ1v) is 12.0. The molecule has 1 aromatic heterocycles. The summed E-state index contributed by atoms with van der Waals surface area (Å²) in [5, 5.41) is 10.7. The maximum atomic E-state index is 14.7. The van der Waals surface area contributed by atoms with Crippen LogP contribution < -0.4 is 16.0 Å². The van der Waals surface area contributed by atoms with Gasteiger partial charge in [-0.15, -0.1) is 0 Å². The molecule has 6 heteroatoms. The fourth-order valence-electron chi connectivity index (χ4n) is 4.56. The van der Waals surface area contributed by atoms with Crippen molar-refractivity contribution in [2.75, 3.05) is 30.9 Å². The lowest BCUT2D eigenvalue weighted by atomic mass is 9.90. The molecule has 32 heavy (non-hydrogen) atoms. The number of pyridine rings is 1.